The SMILES string of the molecule is O=C1CN(Cc2ccc(-c3cccc(CN4CCCCC4)c3F)cc2)C(=O)N1CC(F)F. The van der Waals surface area contributed by atoms with Crippen molar-refractivity contribution in [2.24, 2.45) is 0 Å². The van der Waals surface area contributed by atoms with E-state index in [9.17, 15) is 18.4 Å². The predicted molar refractivity (Wildman–Crippen MR) is 114 cm³/mol. The zero-order valence-corrected chi connectivity index (χ0v) is 17.8. The second-order valence-corrected chi connectivity index (χ2v) is 8.35. The quantitative estimate of drug-likeness (QED) is 0.589. The lowest BCUT2D eigenvalue weighted by atomic mass is 10.00. The van der Waals surface area contributed by atoms with Gasteiger partial charge in [0, 0.05) is 24.2 Å². The van der Waals surface area contributed by atoms with Gasteiger partial charge >= 0.3 is 6.03 Å². The molecule has 0 atom stereocenters. The van der Waals surface area contributed by atoms with Gasteiger partial charge in [-0.15, -0.1) is 0 Å². The van der Waals surface area contributed by atoms with Gasteiger partial charge in [0.15, 0.2) is 0 Å². The molecule has 0 spiro atoms. The van der Waals surface area contributed by atoms with Gasteiger partial charge in [-0.3, -0.25) is 14.6 Å². The van der Waals surface area contributed by atoms with E-state index in [0.29, 0.717) is 22.6 Å². The highest BCUT2D eigenvalue weighted by Crippen LogP contribution is 2.27. The molecule has 0 aliphatic carbocycles. The van der Waals surface area contributed by atoms with E-state index in [4.69, 9.17) is 0 Å². The summed E-state index contributed by atoms with van der Waals surface area (Å²) in [4.78, 5) is 28.2. The van der Waals surface area contributed by atoms with Gasteiger partial charge in [-0.1, -0.05) is 48.9 Å². The van der Waals surface area contributed by atoms with Crippen molar-refractivity contribution in [3.05, 3.63) is 59.4 Å². The van der Waals surface area contributed by atoms with Gasteiger partial charge in [0.2, 0.25) is 0 Å². The van der Waals surface area contributed by atoms with Gasteiger partial charge in [0.25, 0.3) is 12.3 Å². The van der Waals surface area contributed by atoms with Crippen LogP contribution in [0.25, 0.3) is 11.1 Å². The number of imide groups is 1. The van der Waals surface area contributed by atoms with Crippen molar-refractivity contribution < 1.29 is 22.8 Å². The lowest BCUT2D eigenvalue weighted by Crippen LogP contribution is -2.36. The molecule has 0 bridgehead atoms. The fourth-order valence-corrected chi connectivity index (χ4v) is 4.33. The zero-order valence-electron chi connectivity index (χ0n) is 17.8. The Morgan fingerprint density at radius 2 is 1.62 bits per heavy atom. The number of benzene rings is 2. The average Bonchev–Trinajstić information content (AvgIpc) is 3.03. The smallest absolute Gasteiger partial charge is 0.311 e. The zero-order chi connectivity index (χ0) is 22.7. The molecule has 170 valence electrons. The van der Waals surface area contributed by atoms with E-state index < -0.39 is 24.9 Å². The minimum atomic E-state index is -2.76. The Hall–Kier alpha value is -2.87. The van der Waals surface area contributed by atoms with Crippen LogP contribution in [0.5, 0.6) is 0 Å². The van der Waals surface area contributed by atoms with Crippen LogP contribution in [0.2, 0.25) is 0 Å². The largest absolute Gasteiger partial charge is 0.327 e. The number of hydrogen-bond acceptors (Lipinski definition) is 3. The molecular weight excluding hydrogens is 419 g/mol. The van der Waals surface area contributed by atoms with Gasteiger partial charge in [-0.25, -0.2) is 18.0 Å². The van der Waals surface area contributed by atoms with Crippen LogP contribution >= 0.6 is 0 Å². The van der Waals surface area contributed by atoms with Crippen molar-refractivity contribution in [2.75, 3.05) is 26.2 Å². The molecular formula is C24H26F3N3O2. The van der Waals surface area contributed by atoms with Crippen molar-refractivity contribution in [1.82, 2.24) is 14.7 Å². The molecule has 8 heteroatoms. The molecule has 2 aliphatic heterocycles. The Kier molecular flexibility index (Phi) is 6.79. The Morgan fingerprint density at radius 3 is 2.31 bits per heavy atom. The number of carbonyl (C=O) groups excluding carboxylic acids is 2. The molecule has 0 saturated carbocycles. The Morgan fingerprint density at radius 1 is 0.906 bits per heavy atom. The summed E-state index contributed by atoms with van der Waals surface area (Å²) < 4.78 is 40.4. The summed E-state index contributed by atoms with van der Waals surface area (Å²) in [6, 6.07) is 11.8. The first kappa shape index (κ1) is 22.3. The molecule has 2 aromatic rings. The van der Waals surface area contributed by atoms with Crippen LogP contribution in [0.15, 0.2) is 42.5 Å². The Bertz CT molecular complexity index is 975. The summed E-state index contributed by atoms with van der Waals surface area (Å²) in [7, 11) is 0. The maximum Gasteiger partial charge on any atom is 0.327 e. The van der Waals surface area contributed by atoms with E-state index in [2.05, 4.69) is 4.90 Å². The van der Waals surface area contributed by atoms with Crippen LogP contribution < -0.4 is 0 Å². The molecule has 0 aromatic heterocycles. The van der Waals surface area contributed by atoms with Crippen LogP contribution in [0, 0.1) is 5.82 Å². The molecule has 5 nitrogen and oxygen atoms in total. The van der Waals surface area contributed by atoms with Gasteiger partial charge in [0.1, 0.15) is 12.4 Å². The van der Waals surface area contributed by atoms with Gasteiger partial charge in [0.05, 0.1) is 6.54 Å². The molecule has 32 heavy (non-hydrogen) atoms. The third kappa shape index (κ3) is 4.96. The number of carbonyl (C=O) groups is 2. The minimum absolute atomic E-state index is 0.127. The summed E-state index contributed by atoms with van der Waals surface area (Å²) in [5.41, 5.74) is 2.64. The summed E-state index contributed by atoms with van der Waals surface area (Å²) in [6.07, 6.45) is 0.761. The number of rotatable bonds is 7. The van der Waals surface area contributed by atoms with E-state index in [-0.39, 0.29) is 18.9 Å². The van der Waals surface area contributed by atoms with Gasteiger partial charge in [-0.2, -0.15) is 0 Å². The van der Waals surface area contributed by atoms with Gasteiger partial charge in [-0.05, 0) is 37.1 Å². The highest BCUT2D eigenvalue weighted by atomic mass is 19.3. The van der Waals surface area contributed by atoms with E-state index >= 15 is 4.39 Å². The van der Waals surface area contributed by atoms with Crippen molar-refractivity contribution in [1.29, 1.82) is 0 Å². The highest BCUT2D eigenvalue weighted by molar-refractivity contribution is 6.02. The number of amides is 3. The second kappa shape index (κ2) is 9.73. The van der Waals surface area contributed by atoms with Gasteiger partial charge < -0.3 is 4.90 Å². The molecule has 4 rings (SSSR count). The number of piperidine rings is 1. The standard InChI is InChI=1S/C24H26F3N3O2/c25-21(26)15-30-22(31)16-29(24(30)32)13-17-7-9-18(10-8-17)20-6-4-5-19(23(20)27)14-28-11-2-1-3-12-28/h4-10,21H,1-3,11-16H2. The Balaban J connectivity index is 1.44. The molecule has 0 N–H and O–H groups in total. The molecule has 2 saturated heterocycles. The molecule has 2 fully saturated rings. The van der Waals surface area contributed by atoms with E-state index in [1.807, 2.05) is 12.1 Å². The number of hydrogen-bond donors (Lipinski definition) is 0. The van der Waals surface area contributed by atoms with Crippen molar-refractivity contribution in [3.8, 4) is 11.1 Å². The lowest BCUT2D eigenvalue weighted by Gasteiger charge is -2.26. The fraction of sp³-hybridized carbons (Fsp3) is 0.417. The van der Waals surface area contributed by atoms with Crippen LogP contribution in [-0.2, 0) is 17.9 Å². The van der Waals surface area contributed by atoms with Crippen molar-refractivity contribution in [3.63, 3.8) is 0 Å². The molecule has 0 unspecified atom stereocenters. The lowest BCUT2D eigenvalue weighted by molar-refractivity contribution is -0.126. The number of alkyl halides is 2. The van der Waals surface area contributed by atoms with E-state index in [1.165, 1.54) is 11.3 Å². The molecule has 2 heterocycles. The topological polar surface area (TPSA) is 43.9 Å². The molecule has 2 aromatic carbocycles. The van der Waals surface area contributed by atoms with E-state index in [1.54, 1.807) is 30.3 Å². The van der Waals surface area contributed by atoms with Crippen LogP contribution in [0.3, 0.4) is 0 Å². The van der Waals surface area contributed by atoms with Crippen LogP contribution in [-0.4, -0.2) is 59.2 Å². The summed E-state index contributed by atoms with van der Waals surface area (Å²) in [5, 5.41) is 0. The van der Waals surface area contributed by atoms with Crippen molar-refractivity contribution >= 4 is 11.9 Å². The first-order chi connectivity index (χ1) is 15.4. The maximum atomic E-state index is 15.2. The number of likely N-dealkylation sites (tertiary alicyclic amines) is 1. The summed E-state index contributed by atoms with van der Waals surface area (Å²) >= 11 is 0. The second-order valence-electron chi connectivity index (χ2n) is 8.35. The maximum absolute atomic E-state index is 15.2. The number of urea groups is 1. The monoisotopic (exact) mass is 445 g/mol. The fourth-order valence-electron chi connectivity index (χ4n) is 4.33. The summed E-state index contributed by atoms with van der Waals surface area (Å²) in [6.45, 7) is 1.59. The van der Waals surface area contributed by atoms with Crippen LogP contribution in [0.1, 0.15) is 30.4 Å². The number of nitrogens with zero attached hydrogens (tertiary/aromatic N) is 3. The average molecular weight is 445 g/mol. The molecule has 3 amide bonds. The van der Waals surface area contributed by atoms with E-state index in [0.717, 1.165) is 37.1 Å². The van der Waals surface area contributed by atoms with Crippen molar-refractivity contribution in [2.45, 2.75) is 38.8 Å². The first-order valence-corrected chi connectivity index (χ1v) is 10.9. The summed E-state index contributed by atoms with van der Waals surface area (Å²) in [5.74, 6) is -0.853. The molecule has 2 aliphatic rings. The first-order valence-electron chi connectivity index (χ1n) is 10.9. The third-order valence-electron chi connectivity index (χ3n) is 6.01. The normalized spacial score (nSPS) is 17.6. The van der Waals surface area contributed by atoms with Crippen LogP contribution in [0.4, 0.5) is 18.0 Å². The Labute approximate surface area is 185 Å². The predicted octanol–water partition coefficient (Wildman–Crippen LogP) is 4.51. The highest BCUT2D eigenvalue weighted by Gasteiger charge is 2.37. The third-order valence-corrected chi connectivity index (χ3v) is 6.01. The number of halogens is 3. The minimum Gasteiger partial charge on any atom is -0.311 e. The molecule has 0 radical (unpaired) electrons.